The number of halogens is 1. The number of anilines is 1. The second-order valence-electron chi connectivity index (χ2n) is 3.73. The first-order valence-corrected chi connectivity index (χ1v) is 5.47. The summed E-state index contributed by atoms with van der Waals surface area (Å²) in [4.78, 5) is 3.94. The van der Waals surface area contributed by atoms with E-state index >= 15 is 0 Å². The van der Waals surface area contributed by atoms with E-state index in [0.717, 1.165) is 22.3 Å². The van der Waals surface area contributed by atoms with Crippen LogP contribution in [0.2, 0.25) is 5.15 Å². The highest BCUT2D eigenvalue weighted by molar-refractivity contribution is 6.29. The van der Waals surface area contributed by atoms with Gasteiger partial charge in [-0.3, -0.25) is 0 Å². The fourth-order valence-corrected chi connectivity index (χ4v) is 1.88. The summed E-state index contributed by atoms with van der Waals surface area (Å²) in [5.41, 5.74) is 8.22. The predicted octanol–water partition coefficient (Wildman–Crippen LogP) is 2.66. The summed E-state index contributed by atoms with van der Waals surface area (Å²) in [6, 6.07) is 9.22. The van der Waals surface area contributed by atoms with Crippen LogP contribution < -0.4 is 5.73 Å². The minimum atomic E-state index is 0.446. The van der Waals surface area contributed by atoms with E-state index in [9.17, 15) is 0 Å². The zero-order chi connectivity index (χ0) is 11.8. The highest BCUT2D eigenvalue weighted by Crippen LogP contribution is 2.19. The lowest BCUT2D eigenvalue weighted by Crippen LogP contribution is -1.94. The number of nitrogen functional groups attached to an aromatic ring is 1. The molecule has 3 rings (SSSR count). The van der Waals surface area contributed by atoms with E-state index in [-0.39, 0.29) is 0 Å². The molecule has 0 aliphatic carbocycles. The lowest BCUT2D eigenvalue weighted by Gasteiger charge is -1.99. The smallest absolute Gasteiger partial charge is 0.131 e. The summed E-state index contributed by atoms with van der Waals surface area (Å²) in [6.07, 6.45) is 3.57. The van der Waals surface area contributed by atoms with Crippen LogP contribution in [0.5, 0.6) is 0 Å². The van der Waals surface area contributed by atoms with Gasteiger partial charge < -0.3 is 5.73 Å². The molecule has 0 bridgehead atoms. The van der Waals surface area contributed by atoms with Crippen LogP contribution in [0.3, 0.4) is 0 Å². The largest absolute Gasteiger partial charge is 0.399 e. The van der Waals surface area contributed by atoms with Crippen LogP contribution in [0, 0.1) is 0 Å². The van der Waals surface area contributed by atoms with Gasteiger partial charge in [-0.05, 0) is 24.3 Å². The molecule has 0 aliphatic heterocycles. The molecule has 0 fully saturated rings. The van der Waals surface area contributed by atoms with E-state index in [0.29, 0.717) is 5.15 Å². The second-order valence-corrected chi connectivity index (χ2v) is 4.12. The zero-order valence-electron chi connectivity index (χ0n) is 8.84. The maximum atomic E-state index is 5.85. The van der Waals surface area contributed by atoms with Gasteiger partial charge in [0.1, 0.15) is 5.15 Å². The molecular formula is C12H9ClN4. The average Bonchev–Trinajstić information content (AvgIpc) is 2.72. The summed E-state index contributed by atoms with van der Waals surface area (Å²) in [5.74, 6) is 0. The van der Waals surface area contributed by atoms with Gasteiger partial charge in [-0.1, -0.05) is 11.6 Å². The summed E-state index contributed by atoms with van der Waals surface area (Å²) >= 11 is 5.85. The molecule has 4 nitrogen and oxygen atoms in total. The number of nitrogens with zero attached hydrogens (tertiary/aromatic N) is 3. The van der Waals surface area contributed by atoms with Crippen LogP contribution in [0.4, 0.5) is 5.69 Å². The van der Waals surface area contributed by atoms with Crippen LogP contribution in [0.1, 0.15) is 0 Å². The van der Waals surface area contributed by atoms with Gasteiger partial charge in [0.05, 0.1) is 11.2 Å². The number of fused-ring (bicyclic) bond motifs is 1. The highest BCUT2D eigenvalue weighted by atomic mass is 35.5. The number of hydrogen-bond donors (Lipinski definition) is 1. The number of pyridine rings is 1. The monoisotopic (exact) mass is 244 g/mol. The Kier molecular flexibility index (Phi) is 2.23. The Morgan fingerprint density at radius 3 is 2.88 bits per heavy atom. The molecule has 84 valence electrons. The minimum Gasteiger partial charge on any atom is -0.399 e. The van der Waals surface area contributed by atoms with Crippen molar-refractivity contribution in [2.45, 2.75) is 0 Å². The second kappa shape index (κ2) is 3.75. The van der Waals surface area contributed by atoms with Gasteiger partial charge in [0.15, 0.2) is 0 Å². The van der Waals surface area contributed by atoms with Crippen LogP contribution in [0.15, 0.2) is 42.7 Å². The van der Waals surface area contributed by atoms with Crippen molar-refractivity contribution < 1.29 is 0 Å². The first kappa shape index (κ1) is 10.1. The Morgan fingerprint density at radius 2 is 2.06 bits per heavy atom. The molecule has 3 aromatic rings. The Balaban J connectivity index is 2.18. The number of nitrogens with two attached hydrogens (primary N) is 1. The minimum absolute atomic E-state index is 0.446. The number of rotatable bonds is 1. The molecule has 1 aromatic carbocycles. The van der Waals surface area contributed by atoms with Crippen molar-refractivity contribution in [2.24, 2.45) is 0 Å². The van der Waals surface area contributed by atoms with Crippen LogP contribution in [-0.2, 0) is 0 Å². The molecule has 0 saturated heterocycles. The molecule has 0 atom stereocenters. The Morgan fingerprint density at radius 1 is 1.18 bits per heavy atom. The molecule has 2 heterocycles. The summed E-state index contributed by atoms with van der Waals surface area (Å²) in [7, 11) is 0. The number of aromatic nitrogens is 3. The van der Waals surface area contributed by atoms with Crippen molar-refractivity contribution in [3.05, 3.63) is 47.9 Å². The molecular weight excluding hydrogens is 236 g/mol. The van der Waals surface area contributed by atoms with Crippen molar-refractivity contribution in [1.29, 1.82) is 0 Å². The standard InChI is InChI=1S/C12H9ClN4/c13-12-6-10(3-4-15-12)17-7-8-5-9(14)1-2-11(8)16-17/h1-7H,14H2. The lowest BCUT2D eigenvalue weighted by molar-refractivity contribution is 0.893. The molecule has 0 spiro atoms. The van der Waals surface area contributed by atoms with Gasteiger partial charge in [-0.2, -0.15) is 5.10 Å². The van der Waals surface area contributed by atoms with Crippen molar-refractivity contribution in [1.82, 2.24) is 14.8 Å². The first-order valence-electron chi connectivity index (χ1n) is 5.09. The molecule has 17 heavy (non-hydrogen) atoms. The predicted molar refractivity (Wildman–Crippen MR) is 68.3 cm³/mol. The van der Waals surface area contributed by atoms with E-state index in [1.54, 1.807) is 16.9 Å². The van der Waals surface area contributed by atoms with E-state index in [1.165, 1.54) is 0 Å². The zero-order valence-corrected chi connectivity index (χ0v) is 9.59. The lowest BCUT2D eigenvalue weighted by atomic mass is 10.2. The maximum Gasteiger partial charge on any atom is 0.131 e. The summed E-state index contributed by atoms with van der Waals surface area (Å²) < 4.78 is 1.76. The van der Waals surface area contributed by atoms with E-state index in [1.807, 2.05) is 30.5 Å². The average molecular weight is 245 g/mol. The van der Waals surface area contributed by atoms with Gasteiger partial charge >= 0.3 is 0 Å². The van der Waals surface area contributed by atoms with Gasteiger partial charge in [-0.25, -0.2) is 9.67 Å². The molecule has 0 radical (unpaired) electrons. The van der Waals surface area contributed by atoms with Gasteiger partial charge in [-0.15, -0.1) is 0 Å². The fraction of sp³-hybridized carbons (Fsp3) is 0. The molecule has 0 aliphatic rings. The summed E-state index contributed by atoms with van der Waals surface area (Å²) in [6.45, 7) is 0. The highest BCUT2D eigenvalue weighted by Gasteiger charge is 2.03. The third-order valence-electron chi connectivity index (χ3n) is 2.50. The molecule has 0 amide bonds. The Hall–Kier alpha value is -2.07. The third kappa shape index (κ3) is 1.83. The number of benzene rings is 1. The SMILES string of the molecule is Nc1ccc2nn(-c3ccnc(Cl)c3)cc2c1. The maximum absolute atomic E-state index is 5.85. The van der Waals surface area contributed by atoms with Gasteiger partial charge in [0.25, 0.3) is 0 Å². The van der Waals surface area contributed by atoms with Crippen molar-refractivity contribution in [2.75, 3.05) is 5.73 Å². The van der Waals surface area contributed by atoms with Gasteiger partial charge in [0, 0.05) is 29.5 Å². The quantitative estimate of drug-likeness (QED) is 0.529. The molecule has 2 aromatic heterocycles. The Bertz CT molecular complexity index is 690. The van der Waals surface area contributed by atoms with Crippen molar-refractivity contribution in [3.63, 3.8) is 0 Å². The molecule has 0 saturated carbocycles. The number of hydrogen-bond acceptors (Lipinski definition) is 3. The van der Waals surface area contributed by atoms with Crippen LogP contribution in [-0.4, -0.2) is 14.8 Å². The van der Waals surface area contributed by atoms with Gasteiger partial charge in [0.2, 0.25) is 0 Å². The van der Waals surface area contributed by atoms with E-state index in [4.69, 9.17) is 17.3 Å². The molecule has 5 heteroatoms. The van der Waals surface area contributed by atoms with E-state index < -0.39 is 0 Å². The topological polar surface area (TPSA) is 56.7 Å². The normalized spacial score (nSPS) is 10.9. The molecule has 0 unspecified atom stereocenters. The third-order valence-corrected chi connectivity index (χ3v) is 2.71. The first-order chi connectivity index (χ1) is 8.22. The van der Waals surface area contributed by atoms with E-state index in [2.05, 4.69) is 10.1 Å². The van der Waals surface area contributed by atoms with Crippen molar-refractivity contribution in [3.8, 4) is 5.69 Å². The summed E-state index contributed by atoms with van der Waals surface area (Å²) in [5, 5.41) is 5.88. The van der Waals surface area contributed by atoms with Crippen LogP contribution in [0.25, 0.3) is 16.6 Å². The van der Waals surface area contributed by atoms with Crippen LogP contribution >= 0.6 is 11.6 Å². The fourth-order valence-electron chi connectivity index (χ4n) is 1.71. The van der Waals surface area contributed by atoms with Crippen molar-refractivity contribution >= 4 is 28.2 Å². The molecule has 2 N–H and O–H groups in total. The Labute approximate surface area is 103 Å².